The van der Waals surface area contributed by atoms with E-state index in [4.69, 9.17) is 11.6 Å². The van der Waals surface area contributed by atoms with Gasteiger partial charge in [-0.15, -0.1) is 0 Å². The van der Waals surface area contributed by atoms with Crippen LogP contribution in [0.2, 0.25) is 5.15 Å². The predicted octanol–water partition coefficient (Wildman–Crippen LogP) is 3.21. The van der Waals surface area contributed by atoms with Crippen molar-refractivity contribution in [3.05, 3.63) is 58.1 Å². The number of aromatic nitrogens is 2. The molecule has 1 aromatic carbocycles. The van der Waals surface area contributed by atoms with E-state index < -0.39 is 0 Å². The zero-order chi connectivity index (χ0) is 11.7. The molecule has 3 heteroatoms. The summed E-state index contributed by atoms with van der Waals surface area (Å²) in [4.78, 5) is 8.45. The number of benzene rings is 1. The molecular weight excluding hydrogens is 232 g/mol. The van der Waals surface area contributed by atoms with Crippen LogP contribution in [0.15, 0.2) is 30.5 Å². The summed E-state index contributed by atoms with van der Waals surface area (Å²) in [5, 5.41) is 0.510. The Morgan fingerprint density at radius 3 is 2.88 bits per heavy atom. The van der Waals surface area contributed by atoms with Gasteiger partial charge in [-0.2, -0.15) is 0 Å². The molecule has 0 atom stereocenters. The third-order valence-electron chi connectivity index (χ3n) is 3.20. The van der Waals surface area contributed by atoms with Gasteiger partial charge < -0.3 is 0 Å². The highest BCUT2D eigenvalue weighted by molar-refractivity contribution is 6.29. The van der Waals surface area contributed by atoms with Crippen molar-refractivity contribution in [2.24, 2.45) is 0 Å². The van der Waals surface area contributed by atoms with Gasteiger partial charge in [0, 0.05) is 12.6 Å². The van der Waals surface area contributed by atoms with Crippen molar-refractivity contribution in [1.82, 2.24) is 9.97 Å². The molecule has 2 aromatic rings. The Balaban J connectivity index is 1.86. The minimum absolute atomic E-state index is 0.510. The van der Waals surface area contributed by atoms with Crippen LogP contribution >= 0.6 is 11.6 Å². The summed E-state index contributed by atoms with van der Waals surface area (Å²) in [6, 6.07) is 8.40. The molecule has 0 saturated heterocycles. The van der Waals surface area contributed by atoms with E-state index in [9.17, 15) is 0 Å². The van der Waals surface area contributed by atoms with E-state index in [1.54, 1.807) is 12.3 Å². The van der Waals surface area contributed by atoms with Crippen molar-refractivity contribution in [3.8, 4) is 0 Å². The summed E-state index contributed by atoms with van der Waals surface area (Å²) in [5.41, 5.74) is 4.26. The SMILES string of the molecule is Clc1ccnc(Cc2ccc3c(c2)CCC3)n1. The first kappa shape index (κ1) is 10.7. The molecule has 2 nitrogen and oxygen atoms in total. The maximum atomic E-state index is 5.85. The van der Waals surface area contributed by atoms with Crippen LogP contribution in [0, 0.1) is 0 Å². The van der Waals surface area contributed by atoms with Crippen LogP contribution in [0.4, 0.5) is 0 Å². The number of fused-ring (bicyclic) bond motifs is 1. The van der Waals surface area contributed by atoms with Gasteiger partial charge in [0.15, 0.2) is 0 Å². The molecule has 86 valence electrons. The molecular formula is C14H13ClN2. The van der Waals surface area contributed by atoms with Crippen molar-refractivity contribution in [2.75, 3.05) is 0 Å². The molecule has 3 rings (SSSR count). The maximum absolute atomic E-state index is 5.85. The fraction of sp³-hybridized carbons (Fsp3) is 0.286. The normalized spacial score (nSPS) is 13.7. The van der Waals surface area contributed by atoms with Gasteiger partial charge in [-0.05, 0) is 42.0 Å². The number of hydrogen-bond donors (Lipinski definition) is 0. The van der Waals surface area contributed by atoms with Gasteiger partial charge in [-0.25, -0.2) is 9.97 Å². The van der Waals surface area contributed by atoms with Crippen molar-refractivity contribution in [3.63, 3.8) is 0 Å². The van der Waals surface area contributed by atoms with Gasteiger partial charge in [0.1, 0.15) is 11.0 Å². The average Bonchev–Trinajstić information content (AvgIpc) is 2.76. The van der Waals surface area contributed by atoms with Gasteiger partial charge in [0.05, 0.1) is 0 Å². The summed E-state index contributed by atoms with van der Waals surface area (Å²) in [5.74, 6) is 0.787. The van der Waals surface area contributed by atoms with Gasteiger partial charge in [-0.3, -0.25) is 0 Å². The zero-order valence-electron chi connectivity index (χ0n) is 9.49. The molecule has 0 fully saturated rings. The molecule has 0 aliphatic heterocycles. The highest BCUT2D eigenvalue weighted by Gasteiger charge is 2.11. The second-order valence-corrected chi connectivity index (χ2v) is 4.82. The zero-order valence-corrected chi connectivity index (χ0v) is 10.2. The van der Waals surface area contributed by atoms with Crippen LogP contribution in [-0.4, -0.2) is 9.97 Å². The highest BCUT2D eigenvalue weighted by atomic mass is 35.5. The fourth-order valence-corrected chi connectivity index (χ4v) is 2.53. The lowest BCUT2D eigenvalue weighted by Crippen LogP contribution is -1.97. The molecule has 0 bridgehead atoms. The summed E-state index contributed by atoms with van der Waals surface area (Å²) in [6.07, 6.45) is 6.18. The molecule has 0 N–H and O–H groups in total. The van der Waals surface area contributed by atoms with Crippen LogP contribution in [0.3, 0.4) is 0 Å². The van der Waals surface area contributed by atoms with E-state index in [1.165, 1.54) is 36.0 Å². The van der Waals surface area contributed by atoms with Crippen LogP contribution in [0.1, 0.15) is 28.9 Å². The smallest absolute Gasteiger partial charge is 0.134 e. The lowest BCUT2D eigenvalue weighted by molar-refractivity contribution is 0.911. The topological polar surface area (TPSA) is 25.8 Å². The minimum atomic E-state index is 0.510. The second kappa shape index (κ2) is 4.46. The molecule has 0 amide bonds. The Hall–Kier alpha value is -1.41. The van der Waals surface area contributed by atoms with Crippen molar-refractivity contribution in [2.45, 2.75) is 25.7 Å². The first-order valence-electron chi connectivity index (χ1n) is 5.89. The van der Waals surface area contributed by atoms with E-state index in [2.05, 4.69) is 28.2 Å². The Morgan fingerprint density at radius 2 is 2.00 bits per heavy atom. The molecule has 17 heavy (non-hydrogen) atoms. The number of rotatable bonds is 2. The summed E-state index contributed by atoms with van der Waals surface area (Å²) in [7, 11) is 0. The van der Waals surface area contributed by atoms with Gasteiger partial charge in [0.25, 0.3) is 0 Å². The second-order valence-electron chi connectivity index (χ2n) is 4.43. The largest absolute Gasteiger partial charge is 0.241 e. The molecule has 1 aromatic heterocycles. The average molecular weight is 245 g/mol. The maximum Gasteiger partial charge on any atom is 0.134 e. The van der Waals surface area contributed by atoms with Crippen molar-refractivity contribution in [1.29, 1.82) is 0 Å². The quantitative estimate of drug-likeness (QED) is 0.759. The molecule has 1 aliphatic carbocycles. The molecule has 0 saturated carbocycles. The summed E-state index contributed by atoms with van der Waals surface area (Å²) < 4.78 is 0. The number of nitrogens with zero attached hydrogens (tertiary/aromatic N) is 2. The Kier molecular flexibility index (Phi) is 2.81. The molecule has 0 radical (unpaired) electrons. The first-order chi connectivity index (χ1) is 8.31. The molecule has 0 spiro atoms. The number of halogens is 1. The van der Waals surface area contributed by atoms with E-state index in [0.29, 0.717) is 5.15 Å². The Bertz CT molecular complexity index is 552. The van der Waals surface area contributed by atoms with Gasteiger partial charge >= 0.3 is 0 Å². The Morgan fingerprint density at radius 1 is 1.12 bits per heavy atom. The van der Waals surface area contributed by atoms with Crippen LogP contribution < -0.4 is 0 Å². The first-order valence-corrected chi connectivity index (χ1v) is 6.27. The van der Waals surface area contributed by atoms with E-state index in [-0.39, 0.29) is 0 Å². The third-order valence-corrected chi connectivity index (χ3v) is 3.41. The molecule has 1 heterocycles. The summed E-state index contributed by atoms with van der Waals surface area (Å²) >= 11 is 5.85. The number of hydrogen-bond acceptors (Lipinski definition) is 2. The standard InChI is InChI=1S/C14H13ClN2/c15-13-6-7-16-14(17-13)9-10-4-5-11-2-1-3-12(11)8-10/h4-8H,1-3,9H2. The summed E-state index contributed by atoms with van der Waals surface area (Å²) in [6.45, 7) is 0. The van der Waals surface area contributed by atoms with Crippen molar-refractivity contribution >= 4 is 11.6 Å². The van der Waals surface area contributed by atoms with E-state index >= 15 is 0 Å². The number of aryl methyl sites for hydroxylation is 2. The van der Waals surface area contributed by atoms with Crippen LogP contribution in [0.25, 0.3) is 0 Å². The van der Waals surface area contributed by atoms with Crippen LogP contribution in [-0.2, 0) is 19.3 Å². The minimum Gasteiger partial charge on any atom is -0.241 e. The highest BCUT2D eigenvalue weighted by Crippen LogP contribution is 2.23. The molecule has 1 aliphatic rings. The monoisotopic (exact) mass is 244 g/mol. The fourth-order valence-electron chi connectivity index (χ4n) is 2.38. The van der Waals surface area contributed by atoms with Gasteiger partial charge in [-0.1, -0.05) is 29.8 Å². The van der Waals surface area contributed by atoms with E-state index in [0.717, 1.165) is 12.2 Å². The predicted molar refractivity (Wildman–Crippen MR) is 68.3 cm³/mol. The van der Waals surface area contributed by atoms with Gasteiger partial charge in [0.2, 0.25) is 0 Å². The van der Waals surface area contributed by atoms with Crippen molar-refractivity contribution < 1.29 is 0 Å². The lowest BCUT2D eigenvalue weighted by atomic mass is 10.0. The van der Waals surface area contributed by atoms with Crippen LogP contribution in [0.5, 0.6) is 0 Å². The Labute approximate surface area is 106 Å². The third kappa shape index (κ3) is 2.32. The lowest BCUT2D eigenvalue weighted by Gasteiger charge is -2.04. The molecule has 0 unspecified atom stereocenters. The van der Waals surface area contributed by atoms with E-state index in [1.807, 2.05) is 0 Å².